The summed E-state index contributed by atoms with van der Waals surface area (Å²) in [5.41, 5.74) is 1.37. The molecule has 1 aromatic carbocycles. The Morgan fingerprint density at radius 1 is 1.38 bits per heavy atom. The number of carbonyl (C=O) groups excluding carboxylic acids is 1. The van der Waals surface area contributed by atoms with Crippen LogP contribution in [0.4, 0.5) is 0 Å². The van der Waals surface area contributed by atoms with Crippen LogP contribution in [0.5, 0.6) is 5.75 Å². The first kappa shape index (κ1) is 17.0. The van der Waals surface area contributed by atoms with Crippen LogP contribution in [0, 0.1) is 0 Å². The standard InChI is InChI=1S/C17H18ClN3O2S/c1-23-12-7-5-11(6-8-12)14-4-3-9-21(14)16(22)15-13(18)10-19-17(20-15)24-2/h5-8,10,14H,3-4,9H2,1-2H3. The van der Waals surface area contributed by atoms with E-state index < -0.39 is 0 Å². The van der Waals surface area contributed by atoms with Crippen molar-refractivity contribution in [1.29, 1.82) is 0 Å². The zero-order valence-electron chi connectivity index (χ0n) is 13.5. The van der Waals surface area contributed by atoms with E-state index in [2.05, 4.69) is 9.97 Å². The fourth-order valence-corrected chi connectivity index (χ4v) is 3.43. The molecular weight excluding hydrogens is 346 g/mol. The summed E-state index contributed by atoms with van der Waals surface area (Å²) in [5, 5.41) is 0.834. The minimum atomic E-state index is -0.143. The number of ether oxygens (including phenoxy) is 1. The number of aromatic nitrogens is 2. The van der Waals surface area contributed by atoms with Crippen molar-refractivity contribution < 1.29 is 9.53 Å². The number of likely N-dealkylation sites (tertiary alicyclic amines) is 1. The lowest BCUT2D eigenvalue weighted by molar-refractivity contribution is 0.0728. The first-order valence-electron chi connectivity index (χ1n) is 7.65. The molecule has 2 aromatic rings. The third-order valence-corrected chi connectivity index (χ3v) is 4.96. The molecule has 3 rings (SSSR count). The Labute approximate surface area is 150 Å². The van der Waals surface area contributed by atoms with Crippen LogP contribution < -0.4 is 4.74 Å². The van der Waals surface area contributed by atoms with Crippen LogP contribution in [0.1, 0.15) is 34.9 Å². The van der Waals surface area contributed by atoms with Gasteiger partial charge in [0.2, 0.25) is 0 Å². The topological polar surface area (TPSA) is 55.3 Å². The highest BCUT2D eigenvalue weighted by molar-refractivity contribution is 7.98. The van der Waals surface area contributed by atoms with Gasteiger partial charge in [-0.15, -0.1) is 0 Å². The summed E-state index contributed by atoms with van der Waals surface area (Å²) in [5.74, 6) is 0.661. The van der Waals surface area contributed by atoms with Crippen molar-refractivity contribution in [3.8, 4) is 5.75 Å². The predicted molar refractivity (Wildman–Crippen MR) is 94.8 cm³/mol. The molecule has 1 amide bonds. The van der Waals surface area contributed by atoms with Gasteiger partial charge in [-0.1, -0.05) is 35.5 Å². The lowest BCUT2D eigenvalue weighted by Gasteiger charge is -2.25. The SMILES string of the molecule is COc1ccc(C2CCCN2C(=O)c2nc(SC)ncc2Cl)cc1. The van der Waals surface area contributed by atoms with Crippen molar-refractivity contribution >= 4 is 29.3 Å². The van der Waals surface area contributed by atoms with Crippen LogP contribution in [0.3, 0.4) is 0 Å². The van der Waals surface area contributed by atoms with Gasteiger partial charge in [-0.2, -0.15) is 0 Å². The van der Waals surface area contributed by atoms with Crippen molar-refractivity contribution in [3.63, 3.8) is 0 Å². The van der Waals surface area contributed by atoms with E-state index in [4.69, 9.17) is 16.3 Å². The van der Waals surface area contributed by atoms with Gasteiger partial charge in [-0.3, -0.25) is 4.79 Å². The molecule has 24 heavy (non-hydrogen) atoms. The summed E-state index contributed by atoms with van der Waals surface area (Å²) in [6.45, 7) is 0.699. The fraction of sp³-hybridized carbons (Fsp3) is 0.353. The number of hydrogen-bond acceptors (Lipinski definition) is 5. The summed E-state index contributed by atoms with van der Waals surface area (Å²) in [6.07, 6.45) is 5.25. The van der Waals surface area contributed by atoms with E-state index in [0.29, 0.717) is 11.7 Å². The summed E-state index contributed by atoms with van der Waals surface area (Å²) >= 11 is 7.55. The number of benzene rings is 1. The smallest absolute Gasteiger partial charge is 0.274 e. The molecule has 1 unspecified atom stereocenters. The number of halogens is 1. The molecule has 126 valence electrons. The molecule has 1 aliphatic rings. The van der Waals surface area contributed by atoms with Crippen LogP contribution >= 0.6 is 23.4 Å². The van der Waals surface area contributed by atoms with Gasteiger partial charge in [0.15, 0.2) is 10.9 Å². The molecule has 1 fully saturated rings. The molecule has 0 radical (unpaired) electrons. The van der Waals surface area contributed by atoms with Gasteiger partial charge in [0.05, 0.1) is 24.4 Å². The Bertz CT molecular complexity index is 739. The largest absolute Gasteiger partial charge is 0.497 e. The van der Waals surface area contributed by atoms with Gasteiger partial charge in [-0.25, -0.2) is 9.97 Å². The first-order chi connectivity index (χ1) is 11.6. The number of carbonyl (C=O) groups is 1. The lowest BCUT2D eigenvalue weighted by atomic mass is 10.0. The summed E-state index contributed by atoms with van der Waals surface area (Å²) < 4.78 is 5.20. The number of nitrogens with zero attached hydrogens (tertiary/aromatic N) is 3. The van der Waals surface area contributed by atoms with E-state index in [0.717, 1.165) is 24.2 Å². The van der Waals surface area contributed by atoms with Crippen molar-refractivity contribution in [2.45, 2.75) is 24.0 Å². The van der Waals surface area contributed by atoms with Gasteiger partial charge in [0.25, 0.3) is 5.91 Å². The molecule has 1 aromatic heterocycles. The number of thioether (sulfide) groups is 1. The molecule has 0 N–H and O–H groups in total. The maximum absolute atomic E-state index is 13.0. The van der Waals surface area contributed by atoms with Crippen LogP contribution in [0.15, 0.2) is 35.6 Å². The second-order valence-electron chi connectivity index (χ2n) is 5.48. The summed E-state index contributed by atoms with van der Waals surface area (Å²) in [7, 11) is 1.64. The number of hydrogen-bond donors (Lipinski definition) is 0. The number of amides is 1. The number of methoxy groups -OCH3 is 1. The molecule has 1 aliphatic heterocycles. The Morgan fingerprint density at radius 2 is 2.12 bits per heavy atom. The Balaban J connectivity index is 1.88. The maximum atomic E-state index is 13.0. The maximum Gasteiger partial charge on any atom is 0.274 e. The third kappa shape index (κ3) is 3.35. The highest BCUT2D eigenvalue weighted by atomic mass is 35.5. The summed E-state index contributed by atoms with van der Waals surface area (Å²) in [6, 6.07) is 7.88. The number of rotatable bonds is 4. The monoisotopic (exact) mass is 363 g/mol. The first-order valence-corrected chi connectivity index (χ1v) is 9.25. The van der Waals surface area contributed by atoms with E-state index in [1.54, 1.807) is 7.11 Å². The molecule has 2 heterocycles. The van der Waals surface area contributed by atoms with Crippen molar-refractivity contribution in [2.75, 3.05) is 19.9 Å². The average Bonchev–Trinajstić information content (AvgIpc) is 3.11. The minimum absolute atomic E-state index is 0.0344. The predicted octanol–water partition coefficient (Wildman–Crippen LogP) is 3.84. The fourth-order valence-electron chi connectivity index (χ4n) is 2.92. The normalized spacial score (nSPS) is 17.1. The molecule has 1 atom stereocenters. The minimum Gasteiger partial charge on any atom is -0.497 e. The van der Waals surface area contributed by atoms with Crippen LogP contribution in [0.25, 0.3) is 0 Å². The molecule has 7 heteroatoms. The van der Waals surface area contributed by atoms with Crippen LogP contribution in [-0.2, 0) is 0 Å². The Morgan fingerprint density at radius 3 is 2.79 bits per heavy atom. The van der Waals surface area contributed by atoms with E-state index in [-0.39, 0.29) is 22.7 Å². The van der Waals surface area contributed by atoms with Gasteiger partial charge in [0.1, 0.15) is 5.75 Å². The Hall–Kier alpha value is -1.79. The van der Waals surface area contributed by atoms with Gasteiger partial charge >= 0.3 is 0 Å². The highest BCUT2D eigenvalue weighted by Gasteiger charge is 2.32. The average molecular weight is 364 g/mol. The third-order valence-electron chi connectivity index (χ3n) is 4.12. The zero-order chi connectivity index (χ0) is 17.1. The van der Waals surface area contributed by atoms with Gasteiger partial charge in [-0.05, 0) is 36.8 Å². The molecule has 1 saturated heterocycles. The Kier molecular flexibility index (Phi) is 5.26. The van der Waals surface area contributed by atoms with Crippen molar-refractivity contribution in [3.05, 3.63) is 46.7 Å². The highest BCUT2D eigenvalue weighted by Crippen LogP contribution is 2.34. The van der Waals surface area contributed by atoms with Crippen molar-refractivity contribution in [2.24, 2.45) is 0 Å². The van der Waals surface area contributed by atoms with Crippen LogP contribution in [-0.4, -0.2) is 40.7 Å². The second-order valence-corrected chi connectivity index (χ2v) is 6.66. The van der Waals surface area contributed by atoms with E-state index >= 15 is 0 Å². The van der Waals surface area contributed by atoms with Crippen molar-refractivity contribution in [1.82, 2.24) is 14.9 Å². The second kappa shape index (κ2) is 7.40. The van der Waals surface area contributed by atoms with E-state index in [1.165, 1.54) is 18.0 Å². The summed E-state index contributed by atoms with van der Waals surface area (Å²) in [4.78, 5) is 23.2. The van der Waals surface area contributed by atoms with E-state index in [9.17, 15) is 4.79 Å². The molecule has 0 bridgehead atoms. The van der Waals surface area contributed by atoms with Gasteiger partial charge < -0.3 is 9.64 Å². The quantitative estimate of drug-likeness (QED) is 0.610. The molecule has 5 nitrogen and oxygen atoms in total. The van der Waals surface area contributed by atoms with Crippen LogP contribution in [0.2, 0.25) is 5.02 Å². The molecular formula is C17H18ClN3O2S. The molecule has 0 saturated carbocycles. The van der Waals surface area contributed by atoms with Gasteiger partial charge in [0, 0.05) is 6.54 Å². The molecule has 0 spiro atoms. The molecule has 0 aliphatic carbocycles. The zero-order valence-corrected chi connectivity index (χ0v) is 15.1. The van der Waals surface area contributed by atoms with E-state index in [1.807, 2.05) is 35.4 Å². The lowest BCUT2D eigenvalue weighted by Crippen LogP contribution is -2.31.